The Morgan fingerprint density at radius 1 is 1.20 bits per heavy atom. The van der Waals surface area contributed by atoms with Gasteiger partial charge in [0.25, 0.3) is 0 Å². The fourth-order valence-electron chi connectivity index (χ4n) is 2.19. The first kappa shape index (κ1) is 12.9. The smallest absolute Gasteiger partial charge is 0.0894 e. The Labute approximate surface area is 91.9 Å². The lowest BCUT2D eigenvalue weighted by atomic mass is 9.82. The zero-order valence-electron chi connectivity index (χ0n) is 9.36. The first-order valence-corrected chi connectivity index (χ1v) is 5.96. The highest BCUT2D eigenvalue weighted by molar-refractivity contribution is 4.74. The maximum absolute atomic E-state index is 9.14. The van der Waals surface area contributed by atoms with Crippen molar-refractivity contribution in [2.45, 2.75) is 31.8 Å². The van der Waals surface area contributed by atoms with Crippen molar-refractivity contribution in [3.63, 3.8) is 0 Å². The van der Waals surface area contributed by atoms with Gasteiger partial charge in [-0.15, -0.1) is 0 Å². The monoisotopic (exact) mass is 216 g/mol. The van der Waals surface area contributed by atoms with Crippen LogP contribution in [0.15, 0.2) is 0 Å². The van der Waals surface area contributed by atoms with Crippen molar-refractivity contribution >= 4 is 0 Å². The van der Waals surface area contributed by atoms with Crippen molar-refractivity contribution in [3.8, 4) is 0 Å². The number of aliphatic hydroxyl groups excluding tert-OH is 2. The predicted molar refractivity (Wildman–Crippen MR) is 60.5 cm³/mol. The van der Waals surface area contributed by atoms with E-state index in [1.54, 1.807) is 0 Å². The molecule has 0 bridgehead atoms. The second kappa shape index (κ2) is 7.17. The summed E-state index contributed by atoms with van der Waals surface area (Å²) in [6.07, 6.45) is 4.34. The molecule has 0 radical (unpaired) electrons. The summed E-state index contributed by atoms with van der Waals surface area (Å²) in [6.45, 7) is 2.11. The average molecular weight is 216 g/mol. The minimum Gasteiger partial charge on any atom is -0.394 e. The molecule has 15 heavy (non-hydrogen) atoms. The molecule has 5 N–H and O–H groups in total. The standard InChI is InChI=1S/C11H24N2O2/c12-5-9-1-3-10(4-2-9)6-13-7-11(15)8-14/h9-11,13-15H,1-8,12H2. The van der Waals surface area contributed by atoms with E-state index in [2.05, 4.69) is 5.32 Å². The van der Waals surface area contributed by atoms with Crippen molar-refractivity contribution < 1.29 is 10.2 Å². The van der Waals surface area contributed by atoms with Gasteiger partial charge < -0.3 is 21.3 Å². The van der Waals surface area contributed by atoms with Gasteiger partial charge in [-0.2, -0.15) is 0 Å². The molecule has 1 unspecified atom stereocenters. The van der Waals surface area contributed by atoms with Crippen LogP contribution in [-0.4, -0.2) is 42.6 Å². The van der Waals surface area contributed by atoms with Gasteiger partial charge in [0.2, 0.25) is 0 Å². The first-order chi connectivity index (χ1) is 7.26. The number of aliphatic hydroxyl groups is 2. The minimum absolute atomic E-state index is 0.160. The fraction of sp³-hybridized carbons (Fsp3) is 1.00. The van der Waals surface area contributed by atoms with Crippen LogP contribution in [0, 0.1) is 11.8 Å². The Bertz CT molecular complexity index is 159. The Morgan fingerprint density at radius 3 is 2.33 bits per heavy atom. The third kappa shape index (κ3) is 4.93. The van der Waals surface area contributed by atoms with E-state index in [1.165, 1.54) is 25.7 Å². The van der Waals surface area contributed by atoms with E-state index in [1.807, 2.05) is 0 Å². The van der Waals surface area contributed by atoms with Gasteiger partial charge in [-0.1, -0.05) is 0 Å². The van der Waals surface area contributed by atoms with Crippen molar-refractivity contribution in [2.75, 3.05) is 26.2 Å². The van der Waals surface area contributed by atoms with Crippen molar-refractivity contribution in [2.24, 2.45) is 17.6 Å². The van der Waals surface area contributed by atoms with E-state index in [0.29, 0.717) is 6.54 Å². The average Bonchev–Trinajstić information content (AvgIpc) is 2.29. The third-order valence-corrected chi connectivity index (χ3v) is 3.32. The summed E-state index contributed by atoms with van der Waals surface area (Å²) in [5, 5.41) is 21.0. The van der Waals surface area contributed by atoms with Gasteiger partial charge in [-0.3, -0.25) is 0 Å². The number of hydrogen-bond donors (Lipinski definition) is 4. The van der Waals surface area contributed by atoms with Gasteiger partial charge in [-0.25, -0.2) is 0 Å². The molecule has 4 heteroatoms. The summed E-state index contributed by atoms with van der Waals surface area (Å²) < 4.78 is 0. The summed E-state index contributed by atoms with van der Waals surface area (Å²) >= 11 is 0. The van der Waals surface area contributed by atoms with Crippen LogP contribution < -0.4 is 11.1 Å². The maximum Gasteiger partial charge on any atom is 0.0894 e. The molecular formula is C11H24N2O2. The molecule has 1 aliphatic rings. The largest absolute Gasteiger partial charge is 0.394 e. The Hall–Kier alpha value is -0.160. The molecule has 0 spiro atoms. The second-order valence-corrected chi connectivity index (χ2v) is 4.62. The number of rotatable bonds is 6. The molecule has 0 aromatic rings. The molecule has 1 saturated carbocycles. The van der Waals surface area contributed by atoms with Crippen LogP contribution in [0.2, 0.25) is 0 Å². The molecule has 0 aliphatic heterocycles. The molecule has 1 fully saturated rings. The topological polar surface area (TPSA) is 78.5 Å². The molecule has 0 amide bonds. The van der Waals surface area contributed by atoms with E-state index in [-0.39, 0.29) is 6.61 Å². The summed E-state index contributed by atoms with van der Waals surface area (Å²) in [6, 6.07) is 0. The van der Waals surface area contributed by atoms with Crippen molar-refractivity contribution in [1.29, 1.82) is 0 Å². The van der Waals surface area contributed by atoms with Crippen molar-refractivity contribution in [1.82, 2.24) is 5.32 Å². The molecular weight excluding hydrogens is 192 g/mol. The lowest BCUT2D eigenvalue weighted by molar-refractivity contribution is 0.0927. The van der Waals surface area contributed by atoms with E-state index in [0.717, 1.165) is 24.9 Å². The van der Waals surface area contributed by atoms with Gasteiger partial charge in [0, 0.05) is 6.54 Å². The molecule has 1 atom stereocenters. The lowest BCUT2D eigenvalue weighted by Gasteiger charge is -2.28. The second-order valence-electron chi connectivity index (χ2n) is 4.62. The van der Waals surface area contributed by atoms with Crippen LogP contribution in [0.3, 0.4) is 0 Å². The van der Waals surface area contributed by atoms with E-state index >= 15 is 0 Å². The predicted octanol–water partition coefficient (Wildman–Crippen LogP) is -0.306. The van der Waals surface area contributed by atoms with Gasteiger partial charge in [0.1, 0.15) is 0 Å². The summed E-state index contributed by atoms with van der Waals surface area (Å²) in [5.41, 5.74) is 5.63. The Morgan fingerprint density at radius 2 is 1.80 bits per heavy atom. The van der Waals surface area contributed by atoms with Crippen LogP contribution >= 0.6 is 0 Å². The van der Waals surface area contributed by atoms with E-state index < -0.39 is 6.10 Å². The lowest BCUT2D eigenvalue weighted by Crippen LogP contribution is -2.34. The molecule has 1 aliphatic carbocycles. The van der Waals surface area contributed by atoms with Gasteiger partial charge in [-0.05, 0) is 50.6 Å². The van der Waals surface area contributed by atoms with E-state index in [9.17, 15) is 0 Å². The zero-order valence-corrected chi connectivity index (χ0v) is 9.36. The molecule has 1 rings (SSSR count). The Kier molecular flexibility index (Phi) is 6.17. The highest BCUT2D eigenvalue weighted by Crippen LogP contribution is 2.27. The van der Waals surface area contributed by atoms with Crippen molar-refractivity contribution in [3.05, 3.63) is 0 Å². The minimum atomic E-state index is -0.620. The van der Waals surface area contributed by atoms with Gasteiger partial charge >= 0.3 is 0 Å². The number of hydrogen-bond acceptors (Lipinski definition) is 4. The van der Waals surface area contributed by atoms with E-state index in [4.69, 9.17) is 15.9 Å². The molecule has 4 nitrogen and oxygen atoms in total. The maximum atomic E-state index is 9.14. The normalized spacial score (nSPS) is 29.0. The first-order valence-electron chi connectivity index (χ1n) is 5.96. The SMILES string of the molecule is NCC1CCC(CNCC(O)CO)CC1. The molecule has 0 aromatic carbocycles. The number of nitrogens with two attached hydrogens (primary N) is 1. The number of nitrogens with one attached hydrogen (secondary N) is 1. The van der Waals surface area contributed by atoms with Crippen LogP contribution in [0.4, 0.5) is 0 Å². The third-order valence-electron chi connectivity index (χ3n) is 3.32. The summed E-state index contributed by atoms with van der Waals surface area (Å²) in [5.74, 6) is 1.45. The molecule has 0 saturated heterocycles. The van der Waals surface area contributed by atoms with Crippen LogP contribution in [0.5, 0.6) is 0 Å². The molecule has 0 aromatic heterocycles. The molecule has 90 valence electrons. The highest BCUT2D eigenvalue weighted by Gasteiger charge is 2.19. The quantitative estimate of drug-likeness (QED) is 0.491. The molecule has 0 heterocycles. The summed E-state index contributed by atoms with van der Waals surface area (Å²) in [4.78, 5) is 0. The van der Waals surface area contributed by atoms with Gasteiger partial charge in [0.15, 0.2) is 0 Å². The Balaban J connectivity index is 2.03. The highest BCUT2D eigenvalue weighted by atomic mass is 16.3. The van der Waals surface area contributed by atoms with Gasteiger partial charge in [0.05, 0.1) is 12.7 Å². The summed E-state index contributed by atoms with van der Waals surface area (Å²) in [7, 11) is 0. The zero-order chi connectivity index (χ0) is 11.1. The van der Waals surface area contributed by atoms with Crippen LogP contribution in [-0.2, 0) is 0 Å². The van der Waals surface area contributed by atoms with Crippen LogP contribution in [0.25, 0.3) is 0 Å². The fourth-order valence-corrected chi connectivity index (χ4v) is 2.19. The van der Waals surface area contributed by atoms with Crippen LogP contribution in [0.1, 0.15) is 25.7 Å².